The van der Waals surface area contributed by atoms with Gasteiger partial charge in [-0.25, -0.2) is 9.18 Å². The summed E-state index contributed by atoms with van der Waals surface area (Å²) in [6.07, 6.45) is -0.314. The van der Waals surface area contributed by atoms with Crippen molar-refractivity contribution in [1.82, 2.24) is 9.80 Å². The van der Waals surface area contributed by atoms with Gasteiger partial charge in [0.15, 0.2) is 0 Å². The summed E-state index contributed by atoms with van der Waals surface area (Å²) in [5.74, 6) is -2.18. The van der Waals surface area contributed by atoms with Crippen LogP contribution in [-0.4, -0.2) is 51.6 Å². The second-order valence-corrected chi connectivity index (χ2v) is 10.2. The van der Waals surface area contributed by atoms with E-state index in [1.165, 1.54) is 23.3 Å². The molecular weight excluding hydrogens is 488 g/mol. The number of aliphatic carboxylic acids is 1. The first-order chi connectivity index (χ1) is 17.4. The van der Waals surface area contributed by atoms with Crippen LogP contribution in [0.25, 0.3) is 0 Å². The number of alkyl halides is 3. The van der Waals surface area contributed by atoms with Crippen LogP contribution in [-0.2, 0) is 22.7 Å². The van der Waals surface area contributed by atoms with Gasteiger partial charge in [-0.05, 0) is 67.0 Å². The number of amides is 1. The topological polar surface area (TPSA) is 60.9 Å². The molecule has 2 aromatic rings. The fraction of sp³-hybridized carbons (Fsp3) is 0.500. The summed E-state index contributed by atoms with van der Waals surface area (Å²) in [6, 6.07) is 15.6. The van der Waals surface area contributed by atoms with Gasteiger partial charge in [0.1, 0.15) is 5.82 Å². The molecular formula is C28H34F4N2O3. The lowest BCUT2D eigenvalue weighted by molar-refractivity contribution is -0.192. The number of benzene rings is 2. The highest BCUT2D eigenvalue weighted by molar-refractivity contribution is 5.79. The van der Waals surface area contributed by atoms with Crippen molar-refractivity contribution in [3.05, 3.63) is 71.0 Å². The monoisotopic (exact) mass is 522 g/mol. The number of halogens is 4. The van der Waals surface area contributed by atoms with Crippen molar-refractivity contribution in [2.75, 3.05) is 13.1 Å². The molecule has 0 aliphatic carbocycles. The predicted octanol–water partition coefficient (Wildman–Crippen LogP) is 6.13. The minimum atomic E-state index is -5.08. The SMILES string of the molecule is CC(C)c1ccc(CN2CCCC3(CCC(=O)N3Cc3ccc(F)cc3)CC2)cc1.O=C(O)C(F)(F)F. The maximum absolute atomic E-state index is 13.3. The Morgan fingerprint density at radius 2 is 1.51 bits per heavy atom. The van der Waals surface area contributed by atoms with E-state index in [-0.39, 0.29) is 17.3 Å². The molecule has 4 rings (SSSR count). The van der Waals surface area contributed by atoms with Crippen LogP contribution in [0.2, 0.25) is 0 Å². The van der Waals surface area contributed by atoms with E-state index in [9.17, 15) is 22.4 Å². The quantitative estimate of drug-likeness (QED) is 0.480. The number of nitrogens with zero attached hydrogens (tertiary/aromatic N) is 2. The molecule has 202 valence electrons. The van der Waals surface area contributed by atoms with Crippen molar-refractivity contribution in [3.8, 4) is 0 Å². The van der Waals surface area contributed by atoms with E-state index in [0.717, 1.165) is 50.9 Å². The minimum Gasteiger partial charge on any atom is -0.475 e. The van der Waals surface area contributed by atoms with Crippen molar-refractivity contribution in [2.24, 2.45) is 0 Å². The molecule has 1 unspecified atom stereocenters. The highest BCUT2D eigenvalue weighted by atomic mass is 19.4. The first-order valence-corrected chi connectivity index (χ1v) is 12.6. The van der Waals surface area contributed by atoms with Crippen LogP contribution in [0.4, 0.5) is 17.6 Å². The fourth-order valence-electron chi connectivity index (χ4n) is 5.08. The summed E-state index contributed by atoms with van der Waals surface area (Å²) in [6.45, 7) is 8.11. The molecule has 1 atom stereocenters. The average Bonchev–Trinajstić information content (AvgIpc) is 3.00. The number of carbonyl (C=O) groups excluding carboxylic acids is 1. The zero-order valence-corrected chi connectivity index (χ0v) is 21.2. The number of likely N-dealkylation sites (tertiary alicyclic amines) is 2. The van der Waals surface area contributed by atoms with E-state index in [0.29, 0.717) is 18.9 Å². The highest BCUT2D eigenvalue weighted by Gasteiger charge is 2.45. The van der Waals surface area contributed by atoms with Gasteiger partial charge in [-0.15, -0.1) is 0 Å². The first kappa shape index (κ1) is 28.6. The summed E-state index contributed by atoms with van der Waals surface area (Å²) >= 11 is 0. The van der Waals surface area contributed by atoms with Crippen molar-refractivity contribution in [3.63, 3.8) is 0 Å². The first-order valence-electron chi connectivity index (χ1n) is 12.6. The zero-order valence-electron chi connectivity index (χ0n) is 21.2. The van der Waals surface area contributed by atoms with Crippen molar-refractivity contribution < 1.29 is 32.3 Å². The van der Waals surface area contributed by atoms with Crippen LogP contribution in [0.5, 0.6) is 0 Å². The number of hydrogen-bond donors (Lipinski definition) is 1. The summed E-state index contributed by atoms with van der Waals surface area (Å²) in [4.78, 5) is 26.3. The lowest BCUT2D eigenvalue weighted by Gasteiger charge is -2.38. The smallest absolute Gasteiger partial charge is 0.475 e. The van der Waals surface area contributed by atoms with Gasteiger partial charge in [0, 0.05) is 31.6 Å². The molecule has 1 N–H and O–H groups in total. The van der Waals surface area contributed by atoms with Gasteiger partial charge in [-0.3, -0.25) is 9.69 Å². The van der Waals surface area contributed by atoms with Crippen molar-refractivity contribution >= 4 is 11.9 Å². The standard InChI is InChI=1S/C26H33FN2O.C2HF3O2/c1-20(2)23-8-4-21(5-9-23)18-28-16-3-13-26(15-17-28)14-12-25(30)29(26)19-22-6-10-24(27)11-7-22;3-2(4,5)1(6)7/h4-11,20H,3,12-19H2,1-2H3;(H,6,7). The summed E-state index contributed by atoms with van der Waals surface area (Å²) < 4.78 is 45.0. The zero-order chi connectivity index (χ0) is 27.2. The number of carbonyl (C=O) groups is 2. The van der Waals surface area contributed by atoms with Gasteiger partial charge in [-0.2, -0.15) is 13.2 Å². The van der Waals surface area contributed by atoms with Gasteiger partial charge in [0.2, 0.25) is 5.91 Å². The number of carboxylic acid groups (broad SMARTS) is 1. The predicted molar refractivity (Wildman–Crippen MR) is 132 cm³/mol. The van der Waals surface area contributed by atoms with Gasteiger partial charge < -0.3 is 10.0 Å². The second kappa shape index (κ2) is 12.1. The van der Waals surface area contributed by atoms with E-state index >= 15 is 0 Å². The van der Waals surface area contributed by atoms with Gasteiger partial charge >= 0.3 is 12.1 Å². The number of hydrogen-bond acceptors (Lipinski definition) is 3. The molecule has 2 aliphatic rings. The van der Waals surface area contributed by atoms with E-state index in [1.807, 2.05) is 0 Å². The molecule has 1 amide bonds. The van der Waals surface area contributed by atoms with Crippen LogP contribution in [0, 0.1) is 5.82 Å². The molecule has 2 saturated heterocycles. The van der Waals surface area contributed by atoms with Crippen LogP contribution < -0.4 is 0 Å². The fourth-order valence-corrected chi connectivity index (χ4v) is 5.08. The third-order valence-corrected chi connectivity index (χ3v) is 7.24. The van der Waals surface area contributed by atoms with Crippen LogP contribution >= 0.6 is 0 Å². The van der Waals surface area contributed by atoms with Gasteiger partial charge in [0.25, 0.3) is 0 Å². The van der Waals surface area contributed by atoms with Crippen LogP contribution in [0.15, 0.2) is 48.5 Å². The lowest BCUT2D eigenvalue weighted by Crippen LogP contribution is -2.45. The van der Waals surface area contributed by atoms with Gasteiger partial charge in [-0.1, -0.05) is 50.2 Å². The second-order valence-electron chi connectivity index (χ2n) is 10.2. The lowest BCUT2D eigenvalue weighted by atomic mass is 9.87. The molecule has 2 aromatic carbocycles. The molecule has 2 fully saturated rings. The molecule has 5 nitrogen and oxygen atoms in total. The van der Waals surface area contributed by atoms with Crippen LogP contribution in [0.3, 0.4) is 0 Å². The molecule has 2 heterocycles. The summed E-state index contributed by atoms with van der Waals surface area (Å²) in [5, 5.41) is 7.12. The Labute approximate surface area is 215 Å². The third kappa shape index (κ3) is 7.77. The van der Waals surface area contributed by atoms with Crippen molar-refractivity contribution in [1.29, 1.82) is 0 Å². The maximum Gasteiger partial charge on any atom is 0.490 e. The van der Waals surface area contributed by atoms with E-state index in [4.69, 9.17) is 9.90 Å². The Kier molecular flexibility index (Phi) is 9.34. The Balaban J connectivity index is 0.000000479. The molecule has 37 heavy (non-hydrogen) atoms. The molecule has 1 spiro atoms. The van der Waals surface area contributed by atoms with Crippen molar-refractivity contribution in [2.45, 2.75) is 76.7 Å². The molecule has 0 aromatic heterocycles. The Morgan fingerprint density at radius 3 is 2.08 bits per heavy atom. The molecule has 0 bridgehead atoms. The third-order valence-electron chi connectivity index (χ3n) is 7.24. The Bertz CT molecular complexity index is 1050. The molecule has 2 aliphatic heterocycles. The highest BCUT2D eigenvalue weighted by Crippen LogP contribution is 2.40. The molecule has 0 saturated carbocycles. The largest absolute Gasteiger partial charge is 0.490 e. The molecule has 0 radical (unpaired) electrons. The Hall–Kier alpha value is -2.94. The Morgan fingerprint density at radius 1 is 0.946 bits per heavy atom. The number of rotatable bonds is 5. The number of carboxylic acids is 1. The van der Waals surface area contributed by atoms with E-state index in [1.54, 1.807) is 12.1 Å². The normalized spacial score (nSPS) is 20.6. The van der Waals surface area contributed by atoms with E-state index in [2.05, 4.69) is 47.9 Å². The average molecular weight is 523 g/mol. The summed E-state index contributed by atoms with van der Waals surface area (Å²) in [5.41, 5.74) is 3.72. The van der Waals surface area contributed by atoms with E-state index < -0.39 is 12.1 Å². The maximum atomic E-state index is 13.3. The van der Waals surface area contributed by atoms with Crippen LogP contribution in [0.1, 0.15) is 68.6 Å². The van der Waals surface area contributed by atoms with Gasteiger partial charge in [0.05, 0.1) is 0 Å². The minimum absolute atomic E-state index is 0.0400. The summed E-state index contributed by atoms with van der Waals surface area (Å²) in [7, 11) is 0. The molecule has 9 heteroatoms.